The highest BCUT2D eigenvalue weighted by Gasteiger charge is 2.13. The second-order valence-corrected chi connectivity index (χ2v) is 13.6. The lowest BCUT2D eigenvalue weighted by Gasteiger charge is -2.08. The summed E-state index contributed by atoms with van der Waals surface area (Å²) in [6.07, 6.45) is 5.11. The van der Waals surface area contributed by atoms with Crippen molar-refractivity contribution >= 4 is 43.9 Å². The van der Waals surface area contributed by atoms with Gasteiger partial charge in [0.1, 0.15) is 5.01 Å². The molecule has 2 heterocycles. The molecule has 0 saturated heterocycles. The van der Waals surface area contributed by atoms with Gasteiger partial charge in [0.15, 0.2) is 15.7 Å². The van der Waals surface area contributed by atoms with Gasteiger partial charge < -0.3 is 10.6 Å². The van der Waals surface area contributed by atoms with Gasteiger partial charge in [-0.3, -0.25) is 9.59 Å². The summed E-state index contributed by atoms with van der Waals surface area (Å²) in [5, 5.41) is 23.6. The zero-order valence-electron chi connectivity index (χ0n) is 24.2. The Kier molecular flexibility index (Phi) is 11.9. The maximum Gasteiger partial charge on any atom is 0.230 e. The van der Waals surface area contributed by atoms with Crippen LogP contribution in [0.15, 0.2) is 66.7 Å². The molecule has 12 heteroatoms. The first kappa shape index (κ1) is 31.9. The van der Waals surface area contributed by atoms with E-state index >= 15 is 0 Å². The Bertz CT molecular complexity index is 1590. The molecular formula is C31H36N6O4S2. The molecular weight excluding hydrogens is 585 g/mol. The molecule has 0 unspecified atom stereocenters. The van der Waals surface area contributed by atoms with Crippen LogP contribution < -0.4 is 10.6 Å². The minimum atomic E-state index is -3.17. The van der Waals surface area contributed by atoms with E-state index in [2.05, 4.69) is 31.0 Å². The number of unbranched alkanes of at least 4 members (excludes halogenated alkanes) is 2. The van der Waals surface area contributed by atoms with Crippen LogP contribution in [0.2, 0.25) is 0 Å². The summed E-state index contributed by atoms with van der Waals surface area (Å²) in [7, 11) is -3.17. The Hall–Kier alpha value is -4.03. The molecule has 2 N–H and O–H groups in total. The molecule has 0 aliphatic carbocycles. The SMILES string of the molecule is CCCCS(=O)(=O)Cc1cccc(CC(=O)Nc2ccc(CCCCc3nnc(NC(=O)Cc4ccccc4)s3)nn2)c1. The summed E-state index contributed by atoms with van der Waals surface area (Å²) >= 11 is 1.38. The van der Waals surface area contributed by atoms with Crippen molar-refractivity contribution in [2.45, 2.75) is 64.0 Å². The van der Waals surface area contributed by atoms with Crippen LogP contribution in [0.25, 0.3) is 0 Å². The lowest BCUT2D eigenvalue weighted by molar-refractivity contribution is -0.116. The van der Waals surface area contributed by atoms with E-state index in [1.807, 2.05) is 43.3 Å². The van der Waals surface area contributed by atoms with Gasteiger partial charge in [-0.1, -0.05) is 79.3 Å². The number of carbonyl (C=O) groups excluding carboxylic acids is 2. The smallest absolute Gasteiger partial charge is 0.230 e. The van der Waals surface area contributed by atoms with Crippen molar-refractivity contribution in [3.05, 3.63) is 94.1 Å². The molecule has 0 fully saturated rings. The fraction of sp³-hybridized carbons (Fsp3) is 0.355. The van der Waals surface area contributed by atoms with Gasteiger partial charge in [-0.15, -0.1) is 15.3 Å². The van der Waals surface area contributed by atoms with Crippen LogP contribution in [0.1, 0.15) is 60.0 Å². The maximum absolute atomic E-state index is 12.6. The average molecular weight is 621 g/mol. The lowest BCUT2D eigenvalue weighted by atomic mass is 10.1. The Morgan fingerprint density at radius 2 is 1.47 bits per heavy atom. The maximum atomic E-state index is 12.6. The Balaban J connectivity index is 1.16. The predicted molar refractivity (Wildman–Crippen MR) is 169 cm³/mol. The monoisotopic (exact) mass is 620 g/mol. The fourth-order valence-electron chi connectivity index (χ4n) is 4.38. The van der Waals surface area contributed by atoms with Crippen LogP contribution in [0.3, 0.4) is 0 Å². The fourth-order valence-corrected chi connectivity index (χ4v) is 6.74. The van der Waals surface area contributed by atoms with Crippen molar-refractivity contribution in [3.63, 3.8) is 0 Å². The number of carbonyl (C=O) groups is 2. The van der Waals surface area contributed by atoms with Crippen LogP contribution in [0.5, 0.6) is 0 Å². The van der Waals surface area contributed by atoms with Crippen molar-refractivity contribution in [2.75, 3.05) is 16.4 Å². The molecule has 2 aromatic carbocycles. The molecule has 0 aliphatic heterocycles. The number of nitrogens with one attached hydrogen (secondary N) is 2. The van der Waals surface area contributed by atoms with Crippen molar-refractivity contribution in [2.24, 2.45) is 0 Å². The standard InChI is InChI=1S/C31H36N6O4S2/c1-2-3-18-43(40,41)22-25-13-9-12-24(19-25)21-28(38)32-27-17-16-26(34-35-27)14-7-8-15-30-36-37-31(42-30)33-29(39)20-23-10-5-4-6-11-23/h4-6,9-13,16-17,19H,2-3,7-8,14-15,18,20-22H2,1H3,(H,32,35,38)(H,33,37,39). The molecule has 0 atom stereocenters. The van der Waals surface area contributed by atoms with Crippen LogP contribution >= 0.6 is 11.3 Å². The topological polar surface area (TPSA) is 144 Å². The Labute approximate surface area is 256 Å². The number of rotatable bonds is 16. The molecule has 226 valence electrons. The van der Waals surface area contributed by atoms with Gasteiger partial charge in [0, 0.05) is 6.42 Å². The predicted octanol–water partition coefficient (Wildman–Crippen LogP) is 4.97. The first-order valence-corrected chi connectivity index (χ1v) is 17.0. The second kappa shape index (κ2) is 16.0. The molecule has 10 nitrogen and oxygen atoms in total. The zero-order valence-corrected chi connectivity index (χ0v) is 25.8. The van der Waals surface area contributed by atoms with E-state index in [1.54, 1.807) is 30.3 Å². The Morgan fingerprint density at radius 3 is 2.23 bits per heavy atom. The molecule has 0 bridgehead atoms. The second-order valence-electron chi connectivity index (χ2n) is 10.3. The first-order valence-electron chi connectivity index (χ1n) is 14.3. The molecule has 0 spiro atoms. The number of aryl methyl sites for hydroxylation is 2. The quantitative estimate of drug-likeness (QED) is 0.167. The van der Waals surface area contributed by atoms with Gasteiger partial charge in [-0.05, 0) is 54.5 Å². The molecule has 4 aromatic rings. The molecule has 0 saturated carbocycles. The van der Waals surface area contributed by atoms with Gasteiger partial charge >= 0.3 is 0 Å². The van der Waals surface area contributed by atoms with E-state index < -0.39 is 9.84 Å². The van der Waals surface area contributed by atoms with E-state index in [0.29, 0.717) is 29.4 Å². The number of nitrogens with zero attached hydrogens (tertiary/aromatic N) is 4. The van der Waals surface area contributed by atoms with E-state index in [0.717, 1.165) is 53.9 Å². The molecule has 2 amide bonds. The normalized spacial score (nSPS) is 11.3. The molecule has 2 aromatic heterocycles. The van der Waals surface area contributed by atoms with Crippen LogP contribution in [0.4, 0.5) is 10.9 Å². The molecule has 0 aliphatic rings. The summed E-state index contributed by atoms with van der Waals surface area (Å²) in [5.41, 5.74) is 3.18. The van der Waals surface area contributed by atoms with Crippen molar-refractivity contribution < 1.29 is 18.0 Å². The third kappa shape index (κ3) is 11.3. The third-order valence-corrected chi connectivity index (χ3v) is 9.12. The summed E-state index contributed by atoms with van der Waals surface area (Å²) in [5.74, 6) is 0.143. The molecule has 43 heavy (non-hydrogen) atoms. The van der Waals surface area contributed by atoms with Crippen molar-refractivity contribution in [1.82, 2.24) is 20.4 Å². The number of sulfone groups is 1. The van der Waals surface area contributed by atoms with Gasteiger partial charge in [-0.2, -0.15) is 5.10 Å². The number of hydrogen-bond donors (Lipinski definition) is 2. The van der Waals surface area contributed by atoms with Crippen molar-refractivity contribution in [3.8, 4) is 0 Å². The van der Waals surface area contributed by atoms with Gasteiger partial charge in [0.2, 0.25) is 16.9 Å². The third-order valence-electron chi connectivity index (χ3n) is 6.53. The van der Waals surface area contributed by atoms with E-state index in [4.69, 9.17) is 0 Å². The van der Waals surface area contributed by atoms with E-state index in [-0.39, 0.29) is 29.7 Å². The number of anilines is 2. The average Bonchev–Trinajstić information content (AvgIpc) is 3.42. The van der Waals surface area contributed by atoms with Crippen LogP contribution in [0, 0.1) is 0 Å². The van der Waals surface area contributed by atoms with Gasteiger partial charge in [0.05, 0.1) is 30.0 Å². The lowest BCUT2D eigenvalue weighted by Crippen LogP contribution is -2.16. The minimum Gasteiger partial charge on any atom is -0.309 e. The van der Waals surface area contributed by atoms with E-state index in [1.165, 1.54) is 11.3 Å². The molecule has 0 radical (unpaired) electrons. The van der Waals surface area contributed by atoms with Gasteiger partial charge in [-0.25, -0.2) is 8.42 Å². The minimum absolute atomic E-state index is 0.0232. The summed E-state index contributed by atoms with van der Waals surface area (Å²) in [4.78, 5) is 24.8. The summed E-state index contributed by atoms with van der Waals surface area (Å²) in [6.45, 7) is 1.96. The highest BCUT2D eigenvalue weighted by atomic mass is 32.2. The first-order chi connectivity index (χ1) is 20.8. The summed E-state index contributed by atoms with van der Waals surface area (Å²) < 4.78 is 24.6. The van der Waals surface area contributed by atoms with Crippen molar-refractivity contribution in [1.29, 1.82) is 0 Å². The number of amides is 2. The zero-order chi connectivity index (χ0) is 30.5. The van der Waals surface area contributed by atoms with Gasteiger partial charge in [0.25, 0.3) is 0 Å². The van der Waals surface area contributed by atoms with Crippen LogP contribution in [-0.4, -0.2) is 46.4 Å². The number of hydrogen-bond acceptors (Lipinski definition) is 9. The van der Waals surface area contributed by atoms with E-state index in [9.17, 15) is 18.0 Å². The largest absolute Gasteiger partial charge is 0.309 e. The number of aromatic nitrogens is 4. The highest BCUT2D eigenvalue weighted by molar-refractivity contribution is 7.90. The summed E-state index contributed by atoms with van der Waals surface area (Å²) in [6, 6.07) is 20.2. The Morgan fingerprint density at radius 1 is 0.744 bits per heavy atom. The van der Waals surface area contributed by atoms with Crippen LogP contribution in [-0.2, 0) is 50.9 Å². The highest BCUT2D eigenvalue weighted by Crippen LogP contribution is 2.18. The number of benzene rings is 2. The molecule has 4 rings (SSSR count).